The highest BCUT2D eigenvalue weighted by molar-refractivity contribution is 7.98. The average Bonchev–Trinajstić information content (AvgIpc) is 2.49. The molecule has 112 valence electrons. The SMILES string of the molecule is CNc1cc(NCCC2CCC(C)CC2)nc(SC)n1. The van der Waals surface area contributed by atoms with Gasteiger partial charge in [0.05, 0.1) is 0 Å². The highest BCUT2D eigenvalue weighted by Crippen LogP contribution is 2.30. The minimum Gasteiger partial charge on any atom is -0.373 e. The van der Waals surface area contributed by atoms with E-state index in [-0.39, 0.29) is 0 Å². The largest absolute Gasteiger partial charge is 0.373 e. The molecule has 4 nitrogen and oxygen atoms in total. The summed E-state index contributed by atoms with van der Waals surface area (Å²) in [6.07, 6.45) is 8.84. The fourth-order valence-corrected chi connectivity index (χ4v) is 3.14. The summed E-state index contributed by atoms with van der Waals surface area (Å²) >= 11 is 1.57. The van der Waals surface area contributed by atoms with E-state index >= 15 is 0 Å². The van der Waals surface area contributed by atoms with Gasteiger partial charge in [-0.3, -0.25) is 0 Å². The molecular weight excluding hydrogens is 268 g/mol. The van der Waals surface area contributed by atoms with Gasteiger partial charge in [0, 0.05) is 19.7 Å². The monoisotopic (exact) mass is 294 g/mol. The number of hydrogen-bond acceptors (Lipinski definition) is 5. The molecule has 2 rings (SSSR count). The molecular formula is C15H26N4S. The minimum atomic E-state index is 0.811. The highest BCUT2D eigenvalue weighted by atomic mass is 32.2. The molecule has 0 aromatic carbocycles. The van der Waals surface area contributed by atoms with Crippen LogP contribution in [0.15, 0.2) is 11.2 Å². The van der Waals surface area contributed by atoms with E-state index in [2.05, 4.69) is 27.5 Å². The van der Waals surface area contributed by atoms with Crippen LogP contribution in [0.1, 0.15) is 39.0 Å². The van der Waals surface area contributed by atoms with E-state index in [9.17, 15) is 0 Å². The van der Waals surface area contributed by atoms with Crippen LogP contribution in [0.25, 0.3) is 0 Å². The molecule has 1 aromatic heterocycles. The van der Waals surface area contributed by atoms with Gasteiger partial charge >= 0.3 is 0 Å². The first-order chi connectivity index (χ1) is 9.71. The summed E-state index contributed by atoms with van der Waals surface area (Å²) in [7, 11) is 1.89. The molecule has 1 aliphatic rings. The average molecular weight is 294 g/mol. The summed E-state index contributed by atoms with van der Waals surface area (Å²) in [5.74, 6) is 3.63. The number of nitrogens with zero attached hydrogens (tertiary/aromatic N) is 2. The number of anilines is 2. The van der Waals surface area contributed by atoms with Gasteiger partial charge in [-0.2, -0.15) is 0 Å². The van der Waals surface area contributed by atoms with Crippen LogP contribution in [0.5, 0.6) is 0 Å². The molecule has 0 unspecified atom stereocenters. The molecule has 0 atom stereocenters. The fourth-order valence-electron chi connectivity index (χ4n) is 2.76. The Morgan fingerprint density at radius 3 is 2.55 bits per heavy atom. The third kappa shape index (κ3) is 4.54. The number of nitrogens with one attached hydrogen (secondary N) is 2. The predicted octanol–water partition coefficient (Wildman–Crippen LogP) is 3.87. The maximum Gasteiger partial charge on any atom is 0.191 e. The van der Waals surface area contributed by atoms with Crippen LogP contribution in [0, 0.1) is 11.8 Å². The zero-order chi connectivity index (χ0) is 14.4. The van der Waals surface area contributed by atoms with Crippen LogP contribution in [-0.4, -0.2) is 29.8 Å². The van der Waals surface area contributed by atoms with Crippen molar-refractivity contribution in [3.63, 3.8) is 0 Å². The quantitative estimate of drug-likeness (QED) is 0.616. The molecule has 5 heteroatoms. The Labute approximate surface area is 126 Å². The molecule has 0 amide bonds. The van der Waals surface area contributed by atoms with Crippen molar-refractivity contribution in [2.45, 2.75) is 44.2 Å². The fraction of sp³-hybridized carbons (Fsp3) is 0.733. The van der Waals surface area contributed by atoms with Gasteiger partial charge in [-0.1, -0.05) is 44.4 Å². The number of thioether (sulfide) groups is 1. The van der Waals surface area contributed by atoms with Crippen molar-refractivity contribution >= 4 is 23.4 Å². The summed E-state index contributed by atoms with van der Waals surface area (Å²) in [4.78, 5) is 8.87. The molecule has 0 radical (unpaired) electrons. The van der Waals surface area contributed by atoms with Gasteiger partial charge < -0.3 is 10.6 Å². The standard InChI is InChI=1S/C15H26N4S/c1-11-4-6-12(7-5-11)8-9-17-14-10-13(16-2)18-15(19-14)20-3/h10-12H,4-9H2,1-3H3,(H2,16,17,18,19). The minimum absolute atomic E-state index is 0.811. The second-order valence-corrected chi connectivity index (χ2v) is 6.49. The van der Waals surface area contributed by atoms with Crippen LogP contribution < -0.4 is 10.6 Å². The third-order valence-corrected chi connectivity index (χ3v) is 4.69. The summed E-state index contributed by atoms with van der Waals surface area (Å²) < 4.78 is 0. The van der Waals surface area contributed by atoms with Gasteiger partial charge in [0.25, 0.3) is 0 Å². The molecule has 1 aromatic rings. The van der Waals surface area contributed by atoms with E-state index in [1.165, 1.54) is 32.1 Å². The van der Waals surface area contributed by atoms with Crippen molar-refractivity contribution < 1.29 is 0 Å². The van der Waals surface area contributed by atoms with Crippen molar-refractivity contribution in [2.24, 2.45) is 11.8 Å². The third-order valence-electron chi connectivity index (χ3n) is 4.14. The van der Waals surface area contributed by atoms with Crippen LogP contribution in [0.3, 0.4) is 0 Å². The predicted molar refractivity (Wildman–Crippen MR) is 87.6 cm³/mol. The van der Waals surface area contributed by atoms with E-state index in [1.807, 2.05) is 19.4 Å². The van der Waals surface area contributed by atoms with Crippen LogP contribution >= 0.6 is 11.8 Å². The molecule has 2 N–H and O–H groups in total. The first kappa shape index (κ1) is 15.4. The Balaban J connectivity index is 1.81. The molecule has 20 heavy (non-hydrogen) atoms. The zero-order valence-electron chi connectivity index (χ0n) is 12.8. The van der Waals surface area contributed by atoms with Gasteiger partial charge in [0.1, 0.15) is 11.6 Å². The van der Waals surface area contributed by atoms with Gasteiger partial charge in [0.15, 0.2) is 5.16 Å². The Kier molecular flexibility index (Phi) is 5.95. The molecule has 1 aliphatic carbocycles. The van der Waals surface area contributed by atoms with Crippen molar-refractivity contribution in [3.05, 3.63) is 6.07 Å². The molecule has 0 bridgehead atoms. The Morgan fingerprint density at radius 1 is 1.20 bits per heavy atom. The summed E-state index contributed by atoms with van der Waals surface area (Å²) in [6.45, 7) is 3.38. The summed E-state index contributed by atoms with van der Waals surface area (Å²) in [6, 6.07) is 1.97. The number of aromatic nitrogens is 2. The van der Waals surface area contributed by atoms with E-state index in [1.54, 1.807) is 11.8 Å². The zero-order valence-corrected chi connectivity index (χ0v) is 13.6. The highest BCUT2D eigenvalue weighted by Gasteiger charge is 2.17. The molecule has 0 aliphatic heterocycles. The number of rotatable bonds is 6. The molecule has 0 spiro atoms. The topological polar surface area (TPSA) is 49.8 Å². The second-order valence-electron chi connectivity index (χ2n) is 5.72. The molecule has 1 fully saturated rings. The second kappa shape index (κ2) is 7.72. The molecule has 0 saturated heterocycles. The van der Waals surface area contributed by atoms with Crippen molar-refractivity contribution in [2.75, 3.05) is 30.5 Å². The lowest BCUT2D eigenvalue weighted by atomic mass is 9.81. The maximum absolute atomic E-state index is 4.50. The van der Waals surface area contributed by atoms with Gasteiger partial charge in [-0.05, 0) is 24.5 Å². The maximum atomic E-state index is 4.50. The van der Waals surface area contributed by atoms with Crippen LogP contribution in [0.4, 0.5) is 11.6 Å². The summed E-state index contributed by atoms with van der Waals surface area (Å²) in [5.41, 5.74) is 0. The van der Waals surface area contributed by atoms with E-state index in [4.69, 9.17) is 0 Å². The Morgan fingerprint density at radius 2 is 1.90 bits per heavy atom. The van der Waals surface area contributed by atoms with Crippen molar-refractivity contribution in [3.8, 4) is 0 Å². The van der Waals surface area contributed by atoms with Crippen molar-refractivity contribution in [1.82, 2.24) is 9.97 Å². The normalized spacial score (nSPS) is 22.6. The lowest BCUT2D eigenvalue weighted by molar-refractivity contribution is 0.282. The van der Waals surface area contributed by atoms with Gasteiger partial charge in [-0.25, -0.2) is 9.97 Å². The van der Waals surface area contributed by atoms with E-state index in [0.29, 0.717) is 0 Å². The summed E-state index contributed by atoms with van der Waals surface area (Å²) in [5, 5.41) is 7.34. The number of hydrogen-bond donors (Lipinski definition) is 2. The van der Waals surface area contributed by atoms with E-state index < -0.39 is 0 Å². The van der Waals surface area contributed by atoms with E-state index in [0.717, 1.165) is 35.2 Å². The Bertz CT molecular complexity index is 394. The first-order valence-electron chi connectivity index (χ1n) is 7.56. The van der Waals surface area contributed by atoms with Gasteiger partial charge in [0.2, 0.25) is 0 Å². The van der Waals surface area contributed by atoms with Crippen LogP contribution in [-0.2, 0) is 0 Å². The smallest absolute Gasteiger partial charge is 0.191 e. The Hall–Kier alpha value is -0.970. The van der Waals surface area contributed by atoms with Gasteiger partial charge in [-0.15, -0.1) is 0 Å². The van der Waals surface area contributed by atoms with Crippen LogP contribution in [0.2, 0.25) is 0 Å². The van der Waals surface area contributed by atoms with Crippen molar-refractivity contribution in [1.29, 1.82) is 0 Å². The molecule has 1 heterocycles. The lowest BCUT2D eigenvalue weighted by Crippen LogP contribution is -2.16. The lowest BCUT2D eigenvalue weighted by Gasteiger charge is -2.26. The molecule has 1 saturated carbocycles. The first-order valence-corrected chi connectivity index (χ1v) is 8.78.